The summed E-state index contributed by atoms with van der Waals surface area (Å²) >= 11 is 5.59. The Kier molecular flexibility index (Phi) is 2.29. The molecule has 1 heterocycles. The van der Waals surface area contributed by atoms with Gasteiger partial charge in [0, 0.05) is 6.54 Å². The van der Waals surface area contributed by atoms with Gasteiger partial charge in [-0.25, -0.2) is 4.42 Å². The number of aliphatic hydroxyl groups excluding tert-OH is 2. The van der Waals surface area contributed by atoms with E-state index in [9.17, 15) is 0 Å². The average Bonchev–Trinajstić information content (AvgIpc) is 2.10. The fraction of sp³-hybridized carbons (Fsp3) is 1.00. The van der Waals surface area contributed by atoms with Crippen LogP contribution < -0.4 is 0 Å². The summed E-state index contributed by atoms with van der Waals surface area (Å²) in [6.45, 7) is 0.493. The first-order chi connectivity index (χ1) is 4.24. The fourth-order valence-corrected chi connectivity index (χ4v) is 1.32. The fourth-order valence-electron chi connectivity index (χ4n) is 1.02. The molecule has 4 heteroatoms. The van der Waals surface area contributed by atoms with Crippen molar-refractivity contribution in [2.75, 3.05) is 13.2 Å². The zero-order chi connectivity index (χ0) is 6.85. The lowest BCUT2D eigenvalue weighted by Crippen LogP contribution is -2.23. The van der Waals surface area contributed by atoms with Crippen molar-refractivity contribution in [3.63, 3.8) is 0 Å². The van der Waals surface area contributed by atoms with Crippen molar-refractivity contribution in [3.05, 3.63) is 0 Å². The summed E-state index contributed by atoms with van der Waals surface area (Å²) < 4.78 is 1.45. The van der Waals surface area contributed by atoms with E-state index < -0.39 is 0 Å². The highest BCUT2D eigenvalue weighted by molar-refractivity contribution is 6.13. The molecule has 0 aromatic rings. The molecule has 1 aliphatic rings. The quantitative estimate of drug-likeness (QED) is 0.500. The molecule has 1 aliphatic heterocycles. The van der Waals surface area contributed by atoms with Crippen LogP contribution in [0.2, 0.25) is 0 Å². The highest BCUT2D eigenvalue weighted by atomic mass is 35.5. The van der Waals surface area contributed by atoms with Gasteiger partial charge in [0.25, 0.3) is 0 Å². The number of β-amino-alcohol motifs (C(OH)–C–C–N with tert-alkyl or cyclic N) is 1. The second-order valence-corrected chi connectivity index (χ2v) is 2.74. The minimum Gasteiger partial charge on any atom is -0.395 e. The van der Waals surface area contributed by atoms with Crippen LogP contribution in [-0.4, -0.2) is 39.9 Å². The summed E-state index contributed by atoms with van der Waals surface area (Å²) in [4.78, 5) is 0. The highest BCUT2D eigenvalue weighted by Crippen LogP contribution is 2.18. The van der Waals surface area contributed by atoms with Crippen LogP contribution in [0.15, 0.2) is 0 Å². The molecule has 0 aromatic carbocycles. The molecule has 0 saturated carbocycles. The van der Waals surface area contributed by atoms with Crippen LogP contribution in [0, 0.1) is 0 Å². The van der Waals surface area contributed by atoms with E-state index in [1.54, 1.807) is 0 Å². The third-order valence-electron chi connectivity index (χ3n) is 1.54. The molecule has 2 atom stereocenters. The molecule has 9 heavy (non-hydrogen) atoms. The Morgan fingerprint density at radius 2 is 2.33 bits per heavy atom. The van der Waals surface area contributed by atoms with Gasteiger partial charge in [-0.05, 0) is 18.2 Å². The van der Waals surface area contributed by atoms with E-state index in [4.69, 9.17) is 22.0 Å². The highest BCUT2D eigenvalue weighted by Gasteiger charge is 2.28. The van der Waals surface area contributed by atoms with Gasteiger partial charge in [0.05, 0.1) is 18.8 Å². The lowest BCUT2D eigenvalue weighted by atomic mass is 10.2. The molecular weight excluding hydrogens is 142 g/mol. The molecular formula is C5H10ClNO2. The standard InChI is InChI=1S/C5H10ClNO2/c6-7-2-5(9)1-4(7)3-8/h4-5,8-9H,1-3H2/t4-,5-/m1/s1. The van der Waals surface area contributed by atoms with Gasteiger partial charge in [-0.2, -0.15) is 0 Å². The average molecular weight is 152 g/mol. The summed E-state index contributed by atoms with van der Waals surface area (Å²) in [6, 6.07) is -0.0540. The molecule has 0 spiro atoms. The van der Waals surface area contributed by atoms with E-state index in [0.717, 1.165) is 0 Å². The van der Waals surface area contributed by atoms with Crippen molar-refractivity contribution in [1.82, 2.24) is 4.42 Å². The van der Waals surface area contributed by atoms with Gasteiger partial charge in [0.1, 0.15) is 0 Å². The monoisotopic (exact) mass is 151 g/mol. The molecule has 0 bridgehead atoms. The minimum absolute atomic E-state index is 0.0283. The first-order valence-corrected chi connectivity index (χ1v) is 3.29. The van der Waals surface area contributed by atoms with Crippen molar-refractivity contribution in [2.24, 2.45) is 0 Å². The normalized spacial score (nSPS) is 37.7. The SMILES string of the molecule is OC[C@H]1C[C@@H](O)CN1Cl. The van der Waals surface area contributed by atoms with E-state index >= 15 is 0 Å². The van der Waals surface area contributed by atoms with E-state index in [-0.39, 0.29) is 18.8 Å². The van der Waals surface area contributed by atoms with Gasteiger partial charge in [-0.1, -0.05) is 0 Å². The molecule has 1 rings (SSSR count). The largest absolute Gasteiger partial charge is 0.395 e. The second-order valence-electron chi connectivity index (χ2n) is 2.31. The van der Waals surface area contributed by atoms with E-state index in [2.05, 4.69) is 0 Å². The van der Waals surface area contributed by atoms with Crippen molar-refractivity contribution in [3.8, 4) is 0 Å². The van der Waals surface area contributed by atoms with E-state index in [0.29, 0.717) is 13.0 Å². The van der Waals surface area contributed by atoms with Crippen LogP contribution in [0.25, 0.3) is 0 Å². The van der Waals surface area contributed by atoms with Crippen molar-refractivity contribution in [1.29, 1.82) is 0 Å². The lowest BCUT2D eigenvalue weighted by molar-refractivity contribution is 0.184. The van der Waals surface area contributed by atoms with Crippen molar-refractivity contribution in [2.45, 2.75) is 18.6 Å². The van der Waals surface area contributed by atoms with Crippen LogP contribution in [0.5, 0.6) is 0 Å². The summed E-state index contributed by atoms with van der Waals surface area (Å²) in [5.74, 6) is 0. The van der Waals surface area contributed by atoms with Crippen molar-refractivity contribution >= 4 is 11.8 Å². The van der Waals surface area contributed by atoms with E-state index in [1.807, 2.05) is 0 Å². The summed E-state index contributed by atoms with van der Waals surface area (Å²) in [6.07, 6.45) is 0.222. The predicted molar refractivity (Wildman–Crippen MR) is 34.1 cm³/mol. The molecule has 0 amide bonds. The smallest absolute Gasteiger partial charge is 0.0696 e. The molecule has 0 unspecified atom stereocenters. The minimum atomic E-state index is -0.361. The Morgan fingerprint density at radius 1 is 1.67 bits per heavy atom. The molecule has 54 valence electrons. The maximum atomic E-state index is 8.96. The maximum absolute atomic E-state index is 8.96. The van der Waals surface area contributed by atoms with Gasteiger partial charge < -0.3 is 10.2 Å². The Labute approximate surface area is 59.0 Å². The number of hydrogen-bond donors (Lipinski definition) is 2. The maximum Gasteiger partial charge on any atom is 0.0696 e. The number of aliphatic hydroxyl groups is 2. The molecule has 1 fully saturated rings. The first-order valence-electron chi connectivity index (χ1n) is 2.95. The van der Waals surface area contributed by atoms with Gasteiger partial charge in [0.2, 0.25) is 0 Å². The molecule has 0 aliphatic carbocycles. The molecule has 3 nitrogen and oxygen atoms in total. The molecule has 0 radical (unpaired) electrons. The Hall–Kier alpha value is 0.170. The molecule has 1 saturated heterocycles. The number of nitrogens with zero attached hydrogens (tertiary/aromatic N) is 1. The third kappa shape index (κ3) is 1.55. The Bertz CT molecular complexity index is 101. The molecule has 0 aromatic heterocycles. The zero-order valence-electron chi connectivity index (χ0n) is 5.00. The Morgan fingerprint density at radius 3 is 2.56 bits per heavy atom. The zero-order valence-corrected chi connectivity index (χ0v) is 5.75. The van der Waals surface area contributed by atoms with Crippen LogP contribution in [0.1, 0.15) is 6.42 Å². The predicted octanol–water partition coefficient (Wildman–Crippen LogP) is -0.432. The van der Waals surface area contributed by atoms with Gasteiger partial charge in [-0.15, -0.1) is 0 Å². The first kappa shape index (κ1) is 7.28. The second kappa shape index (κ2) is 2.84. The molecule has 2 N–H and O–H groups in total. The van der Waals surface area contributed by atoms with E-state index in [1.165, 1.54) is 4.42 Å². The number of hydrogen-bond acceptors (Lipinski definition) is 3. The summed E-state index contributed by atoms with van der Waals surface area (Å²) in [7, 11) is 0. The van der Waals surface area contributed by atoms with Crippen LogP contribution in [0.4, 0.5) is 0 Å². The lowest BCUT2D eigenvalue weighted by Gasteiger charge is -2.11. The summed E-state index contributed by atoms with van der Waals surface area (Å²) in [5, 5.41) is 17.6. The Balaban J connectivity index is 2.38. The number of halogens is 1. The van der Waals surface area contributed by atoms with Gasteiger partial charge >= 0.3 is 0 Å². The van der Waals surface area contributed by atoms with Gasteiger partial charge in [0.15, 0.2) is 0 Å². The van der Waals surface area contributed by atoms with Crippen LogP contribution in [0.3, 0.4) is 0 Å². The van der Waals surface area contributed by atoms with Crippen molar-refractivity contribution < 1.29 is 10.2 Å². The van der Waals surface area contributed by atoms with Crippen LogP contribution >= 0.6 is 11.8 Å². The third-order valence-corrected chi connectivity index (χ3v) is 1.95. The topological polar surface area (TPSA) is 43.7 Å². The summed E-state index contributed by atoms with van der Waals surface area (Å²) in [5.41, 5.74) is 0. The van der Waals surface area contributed by atoms with Crippen LogP contribution in [-0.2, 0) is 0 Å². The van der Waals surface area contributed by atoms with Gasteiger partial charge in [-0.3, -0.25) is 0 Å². The number of rotatable bonds is 1.